The number of hydrogen-bond donors (Lipinski definition) is 0. The van der Waals surface area contributed by atoms with Gasteiger partial charge in [0, 0.05) is 126 Å². The van der Waals surface area contributed by atoms with Crippen molar-refractivity contribution in [2.24, 2.45) is 0 Å². The molecule has 0 saturated heterocycles. The molecule has 5 nitrogen and oxygen atoms in total. The Bertz CT molecular complexity index is 7660. The summed E-state index contributed by atoms with van der Waals surface area (Å²) in [4.78, 5) is 11.2. The van der Waals surface area contributed by atoms with E-state index < -0.39 is 0 Å². The van der Waals surface area contributed by atoms with Gasteiger partial charge in [0.2, 0.25) is 0 Å². The molecular formula is C98H57N5S3. The largest absolute Gasteiger partial charge is 0.309 e. The molecule has 0 aliphatic heterocycles. The molecule has 492 valence electrons. The van der Waals surface area contributed by atoms with Gasteiger partial charge in [-0.3, -0.25) is 0 Å². The molecule has 0 aliphatic rings. The van der Waals surface area contributed by atoms with Crippen LogP contribution in [0.25, 0.3) is 221 Å². The molecule has 7 heterocycles. The number of nitrogens with zero attached hydrogens (tertiary/aromatic N) is 5. The van der Waals surface area contributed by atoms with Crippen LogP contribution in [0, 0.1) is 0 Å². The molecule has 0 spiro atoms. The van der Waals surface area contributed by atoms with Gasteiger partial charge in [0.05, 0.1) is 44.3 Å². The quantitative estimate of drug-likeness (QED) is 0.144. The average molecular weight is 1400 g/mol. The highest BCUT2D eigenvalue weighted by Gasteiger charge is 2.22. The molecule has 106 heavy (non-hydrogen) atoms. The van der Waals surface area contributed by atoms with Crippen molar-refractivity contribution >= 4 is 171 Å². The molecule has 0 fully saturated rings. The minimum Gasteiger partial charge on any atom is -0.309 e. The summed E-state index contributed by atoms with van der Waals surface area (Å²) in [5.74, 6) is 0.657. The van der Waals surface area contributed by atoms with Crippen LogP contribution in [-0.4, -0.2) is 23.7 Å². The van der Waals surface area contributed by atoms with Crippen LogP contribution < -0.4 is 0 Å². The van der Waals surface area contributed by atoms with E-state index in [0.29, 0.717) is 5.82 Å². The second-order valence-electron chi connectivity index (χ2n) is 28.0. The van der Waals surface area contributed by atoms with Gasteiger partial charge in [-0.2, -0.15) is 0 Å². The predicted octanol–water partition coefficient (Wildman–Crippen LogP) is 28.0. The summed E-state index contributed by atoms with van der Waals surface area (Å²) >= 11 is 5.59. The Morgan fingerprint density at radius 2 is 0.500 bits per heavy atom. The van der Waals surface area contributed by atoms with Gasteiger partial charge in [0.25, 0.3) is 0 Å². The Morgan fingerprint density at radius 3 is 0.953 bits per heavy atom. The van der Waals surface area contributed by atoms with E-state index in [9.17, 15) is 0 Å². The molecule has 23 aromatic rings. The maximum absolute atomic E-state index is 5.72. The van der Waals surface area contributed by atoms with Gasteiger partial charge in [-0.05, 0) is 196 Å². The number of fused-ring (bicyclic) bond motifs is 19. The van der Waals surface area contributed by atoms with E-state index in [1.165, 1.54) is 126 Å². The van der Waals surface area contributed by atoms with E-state index in [4.69, 9.17) is 9.97 Å². The Kier molecular flexibility index (Phi) is 13.0. The van der Waals surface area contributed by atoms with Crippen molar-refractivity contribution in [2.75, 3.05) is 0 Å². The van der Waals surface area contributed by atoms with Crippen molar-refractivity contribution < 1.29 is 0 Å². The fourth-order valence-corrected chi connectivity index (χ4v) is 20.5. The van der Waals surface area contributed by atoms with Gasteiger partial charge in [-0.1, -0.05) is 194 Å². The first-order chi connectivity index (χ1) is 52.5. The molecule has 0 N–H and O–H groups in total. The first-order valence-electron chi connectivity index (χ1n) is 36.0. The van der Waals surface area contributed by atoms with Gasteiger partial charge < -0.3 is 13.7 Å². The summed E-state index contributed by atoms with van der Waals surface area (Å²) in [7, 11) is 0. The molecule has 0 atom stereocenters. The molecule has 16 aromatic carbocycles. The Hall–Kier alpha value is -13.1. The molecule has 0 bridgehead atoms. The van der Waals surface area contributed by atoms with E-state index in [2.05, 4.69) is 359 Å². The fraction of sp³-hybridized carbons (Fsp3) is 0. The van der Waals surface area contributed by atoms with E-state index >= 15 is 0 Å². The van der Waals surface area contributed by atoms with Gasteiger partial charge in [0.1, 0.15) is 0 Å². The van der Waals surface area contributed by atoms with Crippen molar-refractivity contribution in [3.8, 4) is 84.2 Å². The maximum Gasteiger partial charge on any atom is 0.160 e. The zero-order valence-electron chi connectivity index (χ0n) is 56.9. The second-order valence-corrected chi connectivity index (χ2v) is 31.2. The van der Waals surface area contributed by atoms with E-state index in [1.54, 1.807) is 0 Å². The molecular weight excluding hydrogens is 1340 g/mol. The van der Waals surface area contributed by atoms with Gasteiger partial charge in [-0.15, -0.1) is 34.0 Å². The van der Waals surface area contributed by atoms with Crippen LogP contribution in [0.5, 0.6) is 0 Å². The van der Waals surface area contributed by atoms with Crippen LogP contribution >= 0.6 is 34.0 Å². The first kappa shape index (κ1) is 59.4. The molecule has 0 amide bonds. The third-order valence-corrected chi connectivity index (χ3v) is 25.4. The fourth-order valence-electron chi connectivity index (χ4n) is 17.0. The molecule has 0 unspecified atom stereocenters. The lowest BCUT2D eigenvalue weighted by atomic mass is 9.99. The van der Waals surface area contributed by atoms with Crippen LogP contribution in [0.4, 0.5) is 0 Å². The lowest BCUT2D eigenvalue weighted by Gasteiger charge is -2.15. The predicted molar refractivity (Wildman–Crippen MR) is 454 cm³/mol. The van der Waals surface area contributed by atoms with Gasteiger partial charge in [0.15, 0.2) is 5.82 Å². The van der Waals surface area contributed by atoms with Crippen LogP contribution in [0.1, 0.15) is 0 Å². The van der Waals surface area contributed by atoms with Crippen LogP contribution in [0.2, 0.25) is 0 Å². The topological polar surface area (TPSA) is 40.6 Å². The zero-order chi connectivity index (χ0) is 69.2. The SMILES string of the molecule is c1cc(-c2ccc3nc(-c4ccc(-n5c6ccccc6c6cc(-c7ccc8c(c7)sc7ccccc78)ccc65)cc4)nc(-c4cccc(-n5c6ccccc6c6cc(-c7ccc8c(c7)sc7ccccc78)ccc65)c4)c3c2)cc(-n2c3ccccc3c3cc(-c4ccc5c(c4)sc4ccccc45)ccc32)c1. The van der Waals surface area contributed by atoms with Crippen LogP contribution in [-0.2, 0) is 0 Å². The summed E-state index contributed by atoms with van der Waals surface area (Å²) in [6, 6.07) is 128. The minimum atomic E-state index is 0.657. The van der Waals surface area contributed by atoms with Crippen molar-refractivity contribution in [3.05, 3.63) is 346 Å². The lowest BCUT2D eigenvalue weighted by Crippen LogP contribution is -1.99. The number of rotatable bonds is 9. The normalized spacial score (nSPS) is 12.2. The summed E-state index contributed by atoms with van der Waals surface area (Å²) in [6.07, 6.45) is 0. The van der Waals surface area contributed by atoms with Crippen LogP contribution in [0.3, 0.4) is 0 Å². The minimum absolute atomic E-state index is 0.657. The summed E-state index contributed by atoms with van der Waals surface area (Å²) in [5.41, 5.74) is 23.2. The number of thiophene rings is 3. The monoisotopic (exact) mass is 1400 g/mol. The van der Waals surface area contributed by atoms with E-state index in [0.717, 1.165) is 89.0 Å². The van der Waals surface area contributed by atoms with Crippen molar-refractivity contribution in [3.63, 3.8) is 0 Å². The lowest BCUT2D eigenvalue weighted by molar-refractivity contribution is 1.17. The Balaban J connectivity index is 0.647. The Morgan fingerprint density at radius 1 is 0.179 bits per heavy atom. The third-order valence-electron chi connectivity index (χ3n) is 22.0. The number of hydrogen-bond acceptors (Lipinski definition) is 5. The third kappa shape index (κ3) is 9.25. The number of para-hydroxylation sites is 3. The maximum atomic E-state index is 5.72. The van der Waals surface area contributed by atoms with E-state index in [-0.39, 0.29) is 0 Å². The summed E-state index contributed by atoms with van der Waals surface area (Å²) < 4.78 is 15.1. The number of aromatic nitrogens is 5. The highest BCUT2D eigenvalue weighted by Crippen LogP contribution is 2.45. The first-order valence-corrected chi connectivity index (χ1v) is 38.4. The van der Waals surface area contributed by atoms with Crippen molar-refractivity contribution in [2.45, 2.75) is 0 Å². The summed E-state index contributed by atoms with van der Waals surface area (Å²) in [5, 5.41) is 16.1. The van der Waals surface area contributed by atoms with Crippen LogP contribution in [0.15, 0.2) is 346 Å². The van der Waals surface area contributed by atoms with E-state index in [1.807, 2.05) is 34.0 Å². The standard InChI is InChI=1S/C98H57N5S3/c1-7-25-85-71(19-1)80-51-61(64-33-42-77-74-22-4-10-28-91(74)104-94(77)55-64)37-46-88(80)101(85)68-40-31-58(32-41-68)98-99-84-45-36-60(59-15-13-17-69(49-59)102-86-26-8-2-20-72(86)81-52-62(38-47-89(81)102)65-34-43-78-75-23-5-11-29-92(75)105-95(78)56-65)54-83(84)97(100-98)67-16-14-18-70(50-67)103-87-27-9-3-21-73(87)82-53-63(39-48-90(82)103)66-35-44-79-76-24-6-12-30-93(76)106-96(79)57-66/h1-57H. The molecule has 7 aromatic heterocycles. The molecule has 0 radical (unpaired) electrons. The highest BCUT2D eigenvalue weighted by atomic mass is 32.1. The highest BCUT2D eigenvalue weighted by molar-refractivity contribution is 7.26. The van der Waals surface area contributed by atoms with Crippen molar-refractivity contribution in [1.29, 1.82) is 0 Å². The Labute approximate surface area is 619 Å². The second kappa shape index (κ2) is 23.2. The van der Waals surface area contributed by atoms with Crippen molar-refractivity contribution in [1.82, 2.24) is 23.7 Å². The molecule has 0 saturated carbocycles. The number of benzene rings is 16. The smallest absolute Gasteiger partial charge is 0.160 e. The molecule has 23 rings (SSSR count). The summed E-state index contributed by atoms with van der Waals surface area (Å²) in [6.45, 7) is 0. The van der Waals surface area contributed by atoms with Gasteiger partial charge in [-0.25, -0.2) is 9.97 Å². The molecule has 8 heteroatoms. The van der Waals surface area contributed by atoms with Gasteiger partial charge >= 0.3 is 0 Å². The average Bonchev–Trinajstić information content (AvgIpc) is 1.55. The zero-order valence-corrected chi connectivity index (χ0v) is 59.3. The molecule has 0 aliphatic carbocycles.